The van der Waals surface area contributed by atoms with Crippen molar-refractivity contribution in [1.29, 1.82) is 0 Å². The normalized spacial score (nSPS) is 10.4. The van der Waals surface area contributed by atoms with Gasteiger partial charge in [0, 0.05) is 31.5 Å². The lowest BCUT2D eigenvalue weighted by Gasteiger charge is -2.00. The molecule has 0 aliphatic heterocycles. The molecule has 2 aromatic rings. The first-order chi connectivity index (χ1) is 10.2. The molecule has 1 aromatic carbocycles. The van der Waals surface area contributed by atoms with Gasteiger partial charge in [-0.3, -0.25) is 4.79 Å². The van der Waals surface area contributed by atoms with E-state index in [1.165, 1.54) is 0 Å². The molecule has 1 amide bonds. The Labute approximate surface area is 122 Å². The number of carbonyl (C=O) groups is 1. The molecule has 7 nitrogen and oxygen atoms in total. The van der Waals surface area contributed by atoms with E-state index < -0.39 is 0 Å². The lowest BCUT2D eigenvalue weighted by molar-refractivity contribution is -0.121. The summed E-state index contributed by atoms with van der Waals surface area (Å²) in [6.45, 7) is 0.897. The lowest BCUT2D eigenvalue weighted by Crippen LogP contribution is -2.29. The van der Waals surface area contributed by atoms with Gasteiger partial charge in [0.15, 0.2) is 0 Å². The second-order valence-corrected chi connectivity index (χ2v) is 4.38. The molecule has 0 aliphatic carbocycles. The molecule has 112 valence electrons. The zero-order valence-corrected chi connectivity index (χ0v) is 11.8. The van der Waals surface area contributed by atoms with Crippen LogP contribution >= 0.6 is 0 Å². The van der Waals surface area contributed by atoms with Gasteiger partial charge in [-0.25, -0.2) is 0 Å². The molecule has 0 radical (unpaired) electrons. The first-order valence-electron chi connectivity index (χ1n) is 6.66. The number of amides is 1. The number of rotatable bonds is 7. The molecule has 3 N–H and O–H groups in total. The number of hydrogen-bond donors (Lipinski definition) is 2. The smallest absolute Gasteiger partial charge is 0.227 e. The van der Waals surface area contributed by atoms with Crippen molar-refractivity contribution in [2.45, 2.75) is 12.8 Å². The van der Waals surface area contributed by atoms with E-state index in [9.17, 15) is 4.79 Å². The summed E-state index contributed by atoms with van der Waals surface area (Å²) in [6, 6.07) is 7.35. The van der Waals surface area contributed by atoms with Crippen LogP contribution in [0.25, 0.3) is 11.4 Å². The topological polar surface area (TPSA) is 103 Å². The minimum atomic E-state index is -0.0790. The molecule has 7 heteroatoms. The van der Waals surface area contributed by atoms with Crippen molar-refractivity contribution in [1.82, 2.24) is 15.5 Å². The Morgan fingerprint density at radius 2 is 2.14 bits per heavy atom. The molecule has 2 rings (SSSR count). The van der Waals surface area contributed by atoms with Gasteiger partial charge in [0.2, 0.25) is 17.6 Å². The fraction of sp³-hybridized carbons (Fsp3) is 0.357. The molecule has 0 fully saturated rings. The van der Waals surface area contributed by atoms with Gasteiger partial charge in [-0.2, -0.15) is 4.98 Å². The van der Waals surface area contributed by atoms with E-state index in [-0.39, 0.29) is 5.91 Å². The summed E-state index contributed by atoms with van der Waals surface area (Å²) in [5.41, 5.74) is 6.14. The average molecular weight is 290 g/mol. The lowest BCUT2D eigenvalue weighted by atomic mass is 10.2. The summed E-state index contributed by atoms with van der Waals surface area (Å²) in [4.78, 5) is 15.7. The van der Waals surface area contributed by atoms with Gasteiger partial charge < -0.3 is 20.3 Å². The maximum Gasteiger partial charge on any atom is 0.227 e. The molecule has 0 saturated carbocycles. The van der Waals surface area contributed by atoms with Crippen LogP contribution in [0.4, 0.5) is 0 Å². The molecule has 1 heterocycles. The fourth-order valence-corrected chi connectivity index (χ4v) is 1.73. The molecule has 0 spiro atoms. The van der Waals surface area contributed by atoms with Gasteiger partial charge >= 0.3 is 0 Å². The van der Waals surface area contributed by atoms with E-state index in [1.54, 1.807) is 7.11 Å². The average Bonchev–Trinajstić information content (AvgIpc) is 3.00. The second-order valence-electron chi connectivity index (χ2n) is 4.38. The predicted molar refractivity (Wildman–Crippen MR) is 76.7 cm³/mol. The quantitative estimate of drug-likeness (QED) is 0.780. The molecular formula is C14H18N4O3. The zero-order chi connectivity index (χ0) is 15.1. The minimum Gasteiger partial charge on any atom is -0.497 e. The highest BCUT2D eigenvalue weighted by Crippen LogP contribution is 2.19. The van der Waals surface area contributed by atoms with Gasteiger partial charge in [-0.1, -0.05) is 5.16 Å². The number of nitrogens with one attached hydrogen (secondary N) is 1. The SMILES string of the molecule is COc1ccc(-c2noc(CCC(=O)NCCN)n2)cc1. The maximum atomic E-state index is 11.5. The fourth-order valence-electron chi connectivity index (χ4n) is 1.73. The largest absolute Gasteiger partial charge is 0.497 e. The van der Waals surface area contributed by atoms with E-state index in [2.05, 4.69) is 15.5 Å². The van der Waals surface area contributed by atoms with Crippen LogP contribution in [0.15, 0.2) is 28.8 Å². The molecule has 1 aromatic heterocycles. The monoisotopic (exact) mass is 290 g/mol. The van der Waals surface area contributed by atoms with Gasteiger partial charge in [0.05, 0.1) is 7.11 Å². The number of aromatic nitrogens is 2. The first kappa shape index (κ1) is 15.0. The highest BCUT2D eigenvalue weighted by atomic mass is 16.5. The number of hydrogen-bond acceptors (Lipinski definition) is 6. The number of aryl methyl sites for hydroxylation is 1. The maximum absolute atomic E-state index is 11.5. The Morgan fingerprint density at radius 3 is 2.81 bits per heavy atom. The molecule has 0 aliphatic rings. The molecule has 21 heavy (non-hydrogen) atoms. The third kappa shape index (κ3) is 4.28. The number of benzene rings is 1. The Hall–Kier alpha value is -2.41. The Balaban J connectivity index is 1.92. The van der Waals surface area contributed by atoms with Crippen LogP contribution in [0, 0.1) is 0 Å². The Kier molecular flexibility index (Phi) is 5.28. The summed E-state index contributed by atoms with van der Waals surface area (Å²) in [7, 11) is 1.61. The van der Waals surface area contributed by atoms with E-state index in [1.807, 2.05) is 24.3 Å². The Bertz CT molecular complexity index is 580. The molecule has 0 bridgehead atoms. The van der Waals surface area contributed by atoms with Crippen LogP contribution in [0.3, 0.4) is 0 Å². The van der Waals surface area contributed by atoms with Crippen molar-refractivity contribution < 1.29 is 14.1 Å². The molecule has 0 atom stereocenters. The predicted octanol–water partition coefficient (Wildman–Crippen LogP) is 0.753. The standard InChI is InChI=1S/C14H18N4O3/c1-20-11-4-2-10(3-5-11)14-17-13(21-18-14)7-6-12(19)16-9-8-15/h2-5H,6-9,15H2,1H3,(H,16,19). The van der Waals surface area contributed by atoms with Gasteiger partial charge in [-0.15, -0.1) is 0 Å². The minimum absolute atomic E-state index is 0.0790. The summed E-state index contributed by atoms with van der Waals surface area (Å²) in [5, 5.41) is 6.59. The van der Waals surface area contributed by atoms with Crippen LogP contribution in [-0.2, 0) is 11.2 Å². The van der Waals surface area contributed by atoms with Crippen molar-refractivity contribution in [3.8, 4) is 17.1 Å². The van der Waals surface area contributed by atoms with E-state index in [0.29, 0.717) is 37.6 Å². The van der Waals surface area contributed by atoms with Crippen molar-refractivity contribution in [3.63, 3.8) is 0 Å². The summed E-state index contributed by atoms with van der Waals surface area (Å²) in [6.07, 6.45) is 0.698. The van der Waals surface area contributed by atoms with E-state index >= 15 is 0 Å². The van der Waals surface area contributed by atoms with Gasteiger partial charge in [0.25, 0.3) is 0 Å². The van der Waals surface area contributed by atoms with Crippen molar-refractivity contribution in [3.05, 3.63) is 30.2 Å². The van der Waals surface area contributed by atoms with Crippen molar-refractivity contribution in [2.75, 3.05) is 20.2 Å². The molecule has 0 unspecified atom stereocenters. The van der Waals surface area contributed by atoms with E-state index in [0.717, 1.165) is 11.3 Å². The Morgan fingerprint density at radius 1 is 1.38 bits per heavy atom. The summed E-state index contributed by atoms with van der Waals surface area (Å²) in [5.74, 6) is 1.61. The second kappa shape index (κ2) is 7.39. The first-order valence-corrected chi connectivity index (χ1v) is 6.66. The summed E-state index contributed by atoms with van der Waals surface area (Å²) < 4.78 is 10.2. The molecular weight excluding hydrogens is 272 g/mol. The number of nitrogens with two attached hydrogens (primary N) is 1. The summed E-state index contributed by atoms with van der Waals surface area (Å²) >= 11 is 0. The number of nitrogens with zero attached hydrogens (tertiary/aromatic N) is 2. The molecule has 0 saturated heterocycles. The van der Waals surface area contributed by atoms with Crippen molar-refractivity contribution >= 4 is 5.91 Å². The number of ether oxygens (including phenoxy) is 1. The van der Waals surface area contributed by atoms with Crippen LogP contribution in [0.1, 0.15) is 12.3 Å². The zero-order valence-electron chi connectivity index (χ0n) is 11.8. The van der Waals surface area contributed by atoms with Crippen LogP contribution in [-0.4, -0.2) is 36.2 Å². The highest BCUT2D eigenvalue weighted by molar-refractivity contribution is 5.76. The third-order valence-corrected chi connectivity index (χ3v) is 2.85. The van der Waals surface area contributed by atoms with Crippen LogP contribution in [0.2, 0.25) is 0 Å². The third-order valence-electron chi connectivity index (χ3n) is 2.85. The highest BCUT2D eigenvalue weighted by Gasteiger charge is 2.10. The van der Waals surface area contributed by atoms with Gasteiger partial charge in [-0.05, 0) is 24.3 Å². The van der Waals surface area contributed by atoms with Crippen molar-refractivity contribution in [2.24, 2.45) is 5.73 Å². The van der Waals surface area contributed by atoms with Gasteiger partial charge in [0.1, 0.15) is 5.75 Å². The van der Waals surface area contributed by atoms with E-state index in [4.69, 9.17) is 15.0 Å². The number of carbonyl (C=O) groups excluding carboxylic acids is 1. The number of methoxy groups -OCH3 is 1. The van der Waals surface area contributed by atoms with Crippen LogP contribution < -0.4 is 15.8 Å². The van der Waals surface area contributed by atoms with Crippen LogP contribution in [0.5, 0.6) is 5.75 Å².